The van der Waals surface area contributed by atoms with Crippen molar-refractivity contribution in [2.75, 3.05) is 0 Å². The van der Waals surface area contributed by atoms with Crippen molar-refractivity contribution in [2.45, 2.75) is 25.3 Å². The molecule has 1 aliphatic heterocycles. The van der Waals surface area contributed by atoms with Crippen molar-refractivity contribution in [3.8, 4) is 33.6 Å². The number of hydrogen-bond donors (Lipinski definition) is 2. The van der Waals surface area contributed by atoms with E-state index in [1.54, 1.807) is 17.1 Å². The molecule has 0 unspecified atom stereocenters. The fourth-order valence-corrected chi connectivity index (χ4v) is 5.46. The Bertz CT molecular complexity index is 1510. The van der Waals surface area contributed by atoms with Gasteiger partial charge in [-0.3, -0.25) is 0 Å². The first-order valence-electron chi connectivity index (χ1n) is 10.5. The Kier molecular flexibility index (Phi) is 5.00. The van der Waals surface area contributed by atoms with E-state index in [-0.39, 0.29) is 23.3 Å². The Morgan fingerprint density at radius 3 is 2.71 bits per heavy atom. The summed E-state index contributed by atoms with van der Waals surface area (Å²) in [4.78, 5) is 16.5. The number of hydrogen-bond acceptors (Lipinski definition) is 6. The molecule has 0 spiro atoms. The summed E-state index contributed by atoms with van der Waals surface area (Å²) in [6.45, 7) is 0.273. The van der Waals surface area contributed by atoms with E-state index in [2.05, 4.69) is 41.5 Å². The zero-order valence-corrected chi connectivity index (χ0v) is 19.8. The van der Waals surface area contributed by atoms with E-state index in [0.717, 1.165) is 50.7 Å². The molecule has 0 radical (unpaired) electrons. The number of imidazole rings is 1. The fourth-order valence-electron chi connectivity index (χ4n) is 4.43. The highest BCUT2D eigenvalue weighted by molar-refractivity contribution is 9.10. The predicted molar refractivity (Wildman–Crippen MR) is 127 cm³/mol. The number of aromatic nitrogens is 6. The van der Waals surface area contributed by atoms with E-state index in [1.165, 1.54) is 0 Å². The number of nitrogens with zero attached hydrogens (tertiary/aromatic N) is 5. The monoisotopic (exact) mass is 538 g/mol. The number of aromatic amines is 1. The van der Waals surface area contributed by atoms with E-state index in [1.807, 2.05) is 30.3 Å². The van der Waals surface area contributed by atoms with Crippen LogP contribution in [0.4, 0.5) is 0 Å². The van der Waals surface area contributed by atoms with Crippen LogP contribution < -0.4 is 0 Å². The summed E-state index contributed by atoms with van der Waals surface area (Å²) < 4.78 is 8.02. The molecule has 2 aromatic heterocycles. The molecule has 0 saturated heterocycles. The van der Waals surface area contributed by atoms with Gasteiger partial charge in [0.05, 0.1) is 19.1 Å². The lowest BCUT2D eigenvalue weighted by Gasteiger charge is -2.14. The maximum Gasteiger partial charge on any atom is 0.355 e. The molecule has 0 atom stereocenters. The van der Waals surface area contributed by atoms with Crippen LogP contribution in [-0.2, 0) is 6.54 Å². The van der Waals surface area contributed by atoms with Crippen LogP contribution in [-0.4, -0.2) is 41.3 Å². The molecule has 2 aliphatic carbocycles. The number of tetrazole rings is 1. The molecule has 34 heavy (non-hydrogen) atoms. The SMILES string of the molecule is O=C(O)c1c(Cl)nc(C2CC2)n1Cc1c2ccocc-2c(Br)c1-c1ccccc1-c1nn[nH]n1. The van der Waals surface area contributed by atoms with Gasteiger partial charge in [-0.25, -0.2) is 9.78 Å². The zero-order valence-electron chi connectivity index (χ0n) is 17.5. The van der Waals surface area contributed by atoms with Gasteiger partial charge in [0.15, 0.2) is 10.8 Å². The molecule has 9 nitrogen and oxygen atoms in total. The van der Waals surface area contributed by atoms with Crippen LogP contribution in [0.2, 0.25) is 5.15 Å². The van der Waals surface area contributed by atoms with Gasteiger partial charge in [0, 0.05) is 27.1 Å². The molecule has 3 aromatic rings. The van der Waals surface area contributed by atoms with Gasteiger partial charge in [-0.1, -0.05) is 35.9 Å². The van der Waals surface area contributed by atoms with Crippen molar-refractivity contribution in [2.24, 2.45) is 0 Å². The third-order valence-corrected chi connectivity index (χ3v) is 7.16. The van der Waals surface area contributed by atoms with Crippen LogP contribution >= 0.6 is 27.5 Å². The fraction of sp³-hybridized carbons (Fsp3) is 0.174. The van der Waals surface area contributed by atoms with Crippen molar-refractivity contribution in [3.05, 3.63) is 69.6 Å². The highest BCUT2D eigenvalue weighted by Crippen LogP contribution is 2.49. The topological polar surface area (TPSA) is 123 Å². The van der Waals surface area contributed by atoms with Crippen molar-refractivity contribution in [1.29, 1.82) is 0 Å². The van der Waals surface area contributed by atoms with Gasteiger partial charge in [0.1, 0.15) is 5.82 Å². The summed E-state index contributed by atoms with van der Waals surface area (Å²) in [6.07, 6.45) is 5.20. The van der Waals surface area contributed by atoms with Gasteiger partial charge in [0.2, 0.25) is 5.82 Å². The Hall–Kier alpha value is -3.50. The molecule has 0 amide bonds. The first-order valence-corrected chi connectivity index (χ1v) is 11.7. The summed E-state index contributed by atoms with van der Waals surface area (Å²) >= 11 is 10.1. The van der Waals surface area contributed by atoms with Crippen LogP contribution in [0.5, 0.6) is 0 Å². The molecule has 6 rings (SSSR count). The molecule has 170 valence electrons. The third kappa shape index (κ3) is 3.33. The molecule has 1 aromatic carbocycles. The maximum atomic E-state index is 12.1. The lowest BCUT2D eigenvalue weighted by Crippen LogP contribution is -2.13. The van der Waals surface area contributed by atoms with Gasteiger partial charge in [-0.15, -0.1) is 10.2 Å². The van der Waals surface area contributed by atoms with Gasteiger partial charge >= 0.3 is 5.97 Å². The first-order chi connectivity index (χ1) is 16.5. The summed E-state index contributed by atoms with van der Waals surface area (Å²) in [5, 5.41) is 24.5. The number of carbonyl (C=O) groups is 1. The second kappa shape index (κ2) is 8.07. The molecular weight excluding hydrogens is 524 g/mol. The Morgan fingerprint density at radius 2 is 2.00 bits per heavy atom. The molecule has 3 heterocycles. The average Bonchev–Trinajstić information content (AvgIpc) is 3.31. The van der Waals surface area contributed by atoms with Gasteiger partial charge in [0.25, 0.3) is 0 Å². The number of fused-ring (bicyclic) bond motifs is 1. The summed E-state index contributed by atoms with van der Waals surface area (Å²) in [7, 11) is 0. The van der Waals surface area contributed by atoms with Crippen molar-refractivity contribution < 1.29 is 14.3 Å². The second-order valence-electron chi connectivity index (χ2n) is 8.11. The highest BCUT2D eigenvalue weighted by atomic mass is 79.9. The standard InChI is InChI=1S/C23H16BrClN6O3/c24-18-16-10-34-8-7-12(16)15(9-31-19(23(32)33)20(25)26-22(31)11-5-6-11)17(18)13-3-1-2-4-14(13)21-27-29-30-28-21/h1-4,7-8,10-11H,5-6,9H2,(H,32,33)(H,27,28,29,30). The first kappa shape index (κ1) is 21.1. The minimum Gasteiger partial charge on any atom is -0.476 e. The number of rotatable bonds is 6. The van der Waals surface area contributed by atoms with Gasteiger partial charge < -0.3 is 14.1 Å². The number of halogens is 2. The molecule has 2 N–H and O–H groups in total. The lowest BCUT2D eigenvalue weighted by molar-refractivity contribution is 0.0685. The quantitative estimate of drug-likeness (QED) is 0.293. The Balaban J connectivity index is 1.61. The summed E-state index contributed by atoms with van der Waals surface area (Å²) in [5.74, 6) is 0.258. The van der Waals surface area contributed by atoms with E-state index in [9.17, 15) is 9.90 Å². The highest BCUT2D eigenvalue weighted by Gasteiger charge is 2.34. The minimum atomic E-state index is -1.11. The minimum absolute atomic E-state index is 0.00735. The van der Waals surface area contributed by atoms with E-state index in [0.29, 0.717) is 11.6 Å². The van der Waals surface area contributed by atoms with Crippen LogP contribution in [0.15, 0.2) is 51.7 Å². The molecule has 3 aliphatic rings. The molecular formula is C23H16BrClN6O3. The zero-order chi connectivity index (χ0) is 23.4. The number of aromatic carboxylic acids is 1. The predicted octanol–water partition coefficient (Wildman–Crippen LogP) is 5.47. The van der Waals surface area contributed by atoms with E-state index < -0.39 is 5.97 Å². The Labute approximate surface area is 206 Å². The number of carboxylic acids is 1. The van der Waals surface area contributed by atoms with Crippen molar-refractivity contribution >= 4 is 33.5 Å². The molecule has 1 fully saturated rings. The largest absolute Gasteiger partial charge is 0.476 e. The second-order valence-corrected chi connectivity index (χ2v) is 9.26. The molecule has 0 bridgehead atoms. The number of H-pyrrole nitrogens is 1. The van der Waals surface area contributed by atoms with Crippen LogP contribution in [0.25, 0.3) is 33.6 Å². The number of carboxylic acid groups (broad SMARTS) is 1. The average molecular weight is 540 g/mol. The lowest BCUT2D eigenvalue weighted by atomic mass is 9.97. The third-order valence-electron chi connectivity index (χ3n) is 6.07. The van der Waals surface area contributed by atoms with Gasteiger partial charge in [-0.2, -0.15) is 5.21 Å². The molecule has 1 saturated carbocycles. The Morgan fingerprint density at radius 1 is 1.21 bits per heavy atom. The van der Waals surface area contributed by atoms with Crippen molar-refractivity contribution in [3.63, 3.8) is 0 Å². The maximum absolute atomic E-state index is 12.1. The van der Waals surface area contributed by atoms with Gasteiger partial charge in [-0.05, 0) is 56.7 Å². The smallest absolute Gasteiger partial charge is 0.355 e. The van der Waals surface area contributed by atoms with Crippen LogP contribution in [0, 0.1) is 0 Å². The summed E-state index contributed by atoms with van der Waals surface area (Å²) in [5.41, 5.74) is 5.25. The van der Waals surface area contributed by atoms with E-state index in [4.69, 9.17) is 16.0 Å². The summed E-state index contributed by atoms with van der Waals surface area (Å²) in [6, 6.07) is 9.62. The van der Waals surface area contributed by atoms with E-state index >= 15 is 0 Å². The van der Waals surface area contributed by atoms with Crippen LogP contribution in [0.1, 0.15) is 40.6 Å². The number of nitrogens with one attached hydrogen (secondary N) is 1. The van der Waals surface area contributed by atoms with Crippen LogP contribution in [0.3, 0.4) is 0 Å². The number of benzene rings is 1. The normalized spacial score (nSPS) is 13.6. The molecule has 11 heteroatoms. The van der Waals surface area contributed by atoms with Crippen molar-refractivity contribution in [1.82, 2.24) is 30.2 Å².